The van der Waals surface area contributed by atoms with Crippen molar-refractivity contribution in [3.05, 3.63) is 0 Å². The van der Waals surface area contributed by atoms with Crippen molar-refractivity contribution in [3.8, 4) is 0 Å². The van der Waals surface area contributed by atoms with E-state index in [-0.39, 0.29) is 6.61 Å². The third-order valence-electron chi connectivity index (χ3n) is 1.43. The molecule has 86 valence electrons. The Hall–Kier alpha value is -1.63. The topological polar surface area (TPSA) is 113 Å². The smallest absolute Gasteiger partial charge is 0.328 e. The number of esters is 1. The van der Waals surface area contributed by atoms with Crippen molar-refractivity contribution >= 4 is 17.8 Å². The summed E-state index contributed by atoms with van der Waals surface area (Å²) >= 11 is 0. The maximum absolute atomic E-state index is 11.0. The van der Waals surface area contributed by atoms with Crippen LogP contribution in [-0.4, -0.2) is 47.3 Å². The molecular weight excluding hydrogens is 206 g/mol. The predicted octanol–water partition coefficient (Wildman–Crippen LogP) is -1.50. The minimum atomic E-state index is -1.40. The van der Waals surface area contributed by atoms with E-state index < -0.39 is 36.9 Å². The Balaban J connectivity index is 4.01. The second-order valence-corrected chi connectivity index (χ2v) is 2.62. The third-order valence-corrected chi connectivity index (χ3v) is 1.43. The van der Waals surface area contributed by atoms with Gasteiger partial charge in [-0.15, -0.1) is 0 Å². The molecule has 0 aromatic heterocycles. The normalized spacial score (nSPS) is 11.6. The highest BCUT2D eigenvalue weighted by Crippen LogP contribution is 1.89. The molecule has 0 aromatic carbocycles. The Bertz CT molecular complexity index is 252. The Morgan fingerprint density at radius 1 is 1.40 bits per heavy atom. The van der Waals surface area contributed by atoms with E-state index in [1.807, 2.05) is 5.32 Å². The summed E-state index contributed by atoms with van der Waals surface area (Å²) in [6.45, 7) is 1.00. The van der Waals surface area contributed by atoms with Crippen molar-refractivity contribution in [2.75, 3.05) is 13.2 Å². The van der Waals surface area contributed by atoms with Crippen LogP contribution in [0, 0.1) is 0 Å². The molecule has 0 saturated heterocycles. The molecule has 1 unspecified atom stereocenters. The van der Waals surface area contributed by atoms with Gasteiger partial charge in [-0.3, -0.25) is 9.59 Å². The first-order chi connectivity index (χ1) is 7.01. The highest BCUT2D eigenvalue weighted by atomic mass is 16.5. The number of hydrogen-bond donors (Lipinski definition) is 3. The first-order valence-electron chi connectivity index (χ1n) is 4.29. The minimum absolute atomic E-state index is 0.147. The van der Waals surface area contributed by atoms with E-state index >= 15 is 0 Å². The SMILES string of the molecule is CCOC(=O)CC(=O)NC(CO)C(=O)O. The molecule has 7 heteroatoms. The average molecular weight is 219 g/mol. The Morgan fingerprint density at radius 3 is 2.40 bits per heavy atom. The van der Waals surface area contributed by atoms with E-state index in [1.54, 1.807) is 6.92 Å². The van der Waals surface area contributed by atoms with Crippen LogP contribution in [0.4, 0.5) is 0 Å². The number of carbonyl (C=O) groups excluding carboxylic acids is 2. The second-order valence-electron chi connectivity index (χ2n) is 2.62. The van der Waals surface area contributed by atoms with Gasteiger partial charge < -0.3 is 20.3 Å². The molecule has 0 fully saturated rings. The molecular formula is C8H13NO6. The Kier molecular flexibility index (Phi) is 6.03. The molecule has 7 nitrogen and oxygen atoms in total. The summed E-state index contributed by atoms with van der Waals surface area (Å²) in [6.07, 6.45) is -0.558. The highest BCUT2D eigenvalue weighted by molar-refractivity contribution is 5.95. The fraction of sp³-hybridized carbons (Fsp3) is 0.625. The molecule has 0 aliphatic heterocycles. The maximum atomic E-state index is 11.0. The molecule has 0 aromatic rings. The standard InChI is InChI=1S/C8H13NO6/c1-2-15-7(12)3-6(11)9-5(4-10)8(13)14/h5,10H,2-4H2,1H3,(H,9,11)(H,13,14). The van der Waals surface area contributed by atoms with Gasteiger partial charge in [0.1, 0.15) is 12.5 Å². The lowest BCUT2D eigenvalue weighted by Gasteiger charge is -2.10. The molecule has 1 amide bonds. The Labute approximate surface area is 86.0 Å². The van der Waals surface area contributed by atoms with Crippen LogP contribution >= 0.6 is 0 Å². The van der Waals surface area contributed by atoms with Crippen molar-refractivity contribution in [2.24, 2.45) is 0 Å². The zero-order valence-corrected chi connectivity index (χ0v) is 8.23. The van der Waals surface area contributed by atoms with E-state index in [0.29, 0.717) is 0 Å². The van der Waals surface area contributed by atoms with Gasteiger partial charge in [-0.1, -0.05) is 0 Å². The van der Waals surface area contributed by atoms with Gasteiger partial charge in [-0.05, 0) is 6.92 Å². The van der Waals surface area contributed by atoms with Gasteiger partial charge in [0.15, 0.2) is 0 Å². The lowest BCUT2D eigenvalue weighted by Crippen LogP contribution is -2.44. The van der Waals surface area contributed by atoms with Crippen molar-refractivity contribution in [1.82, 2.24) is 5.32 Å². The fourth-order valence-corrected chi connectivity index (χ4v) is 0.774. The zero-order chi connectivity index (χ0) is 11.8. The van der Waals surface area contributed by atoms with E-state index in [2.05, 4.69) is 4.74 Å². The number of nitrogens with one attached hydrogen (secondary N) is 1. The summed E-state index contributed by atoms with van der Waals surface area (Å²) in [5, 5.41) is 19.0. The molecule has 0 spiro atoms. The number of carboxylic acids is 1. The summed E-state index contributed by atoms with van der Waals surface area (Å²) in [4.78, 5) is 32.2. The molecule has 3 N–H and O–H groups in total. The van der Waals surface area contributed by atoms with Gasteiger partial charge in [-0.25, -0.2) is 4.79 Å². The van der Waals surface area contributed by atoms with Crippen LogP contribution in [0.1, 0.15) is 13.3 Å². The summed E-state index contributed by atoms with van der Waals surface area (Å²) in [6, 6.07) is -1.40. The van der Waals surface area contributed by atoms with Crippen LogP contribution in [0.25, 0.3) is 0 Å². The van der Waals surface area contributed by atoms with Gasteiger partial charge in [0.2, 0.25) is 5.91 Å². The summed E-state index contributed by atoms with van der Waals surface area (Å²) in [7, 11) is 0. The number of aliphatic hydroxyl groups excluding tert-OH is 1. The van der Waals surface area contributed by atoms with Crippen molar-refractivity contribution in [3.63, 3.8) is 0 Å². The summed E-state index contributed by atoms with van der Waals surface area (Å²) < 4.78 is 4.48. The summed E-state index contributed by atoms with van der Waals surface area (Å²) in [5.74, 6) is -2.90. The lowest BCUT2D eigenvalue weighted by molar-refractivity contribution is -0.148. The molecule has 15 heavy (non-hydrogen) atoms. The van der Waals surface area contributed by atoms with Gasteiger partial charge in [0.05, 0.1) is 13.2 Å². The molecule has 0 saturated carbocycles. The number of ether oxygens (including phenoxy) is 1. The number of carboxylic acid groups (broad SMARTS) is 1. The van der Waals surface area contributed by atoms with E-state index in [9.17, 15) is 14.4 Å². The van der Waals surface area contributed by atoms with Crippen LogP contribution in [0.15, 0.2) is 0 Å². The fourth-order valence-electron chi connectivity index (χ4n) is 0.774. The number of hydrogen-bond acceptors (Lipinski definition) is 5. The van der Waals surface area contributed by atoms with Gasteiger partial charge in [0.25, 0.3) is 0 Å². The van der Waals surface area contributed by atoms with Gasteiger partial charge in [0, 0.05) is 0 Å². The molecule has 0 bridgehead atoms. The first kappa shape index (κ1) is 13.4. The number of amides is 1. The van der Waals surface area contributed by atoms with Crippen LogP contribution in [0.3, 0.4) is 0 Å². The lowest BCUT2D eigenvalue weighted by atomic mass is 10.3. The molecule has 0 rings (SSSR count). The number of aliphatic carboxylic acids is 1. The largest absolute Gasteiger partial charge is 0.480 e. The van der Waals surface area contributed by atoms with Crippen molar-refractivity contribution in [2.45, 2.75) is 19.4 Å². The zero-order valence-electron chi connectivity index (χ0n) is 8.23. The molecule has 0 aliphatic rings. The van der Waals surface area contributed by atoms with Crippen LogP contribution in [0.2, 0.25) is 0 Å². The van der Waals surface area contributed by atoms with E-state index in [1.165, 1.54) is 0 Å². The molecule has 0 aliphatic carbocycles. The number of aliphatic hydroxyl groups is 1. The van der Waals surface area contributed by atoms with Gasteiger partial charge in [-0.2, -0.15) is 0 Å². The summed E-state index contributed by atoms with van der Waals surface area (Å²) in [5.41, 5.74) is 0. The number of rotatable bonds is 6. The highest BCUT2D eigenvalue weighted by Gasteiger charge is 2.20. The minimum Gasteiger partial charge on any atom is -0.480 e. The van der Waals surface area contributed by atoms with E-state index in [0.717, 1.165) is 0 Å². The van der Waals surface area contributed by atoms with Crippen LogP contribution in [0.5, 0.6) is 0 Å². The van der Waals surface area contributed by atoms with Crippen molar-refractivity contribution in [1.29, 1.82) is 0 Å². The number of carbonyl (C=O) groups is 3. The third kappa shape index (κ3) is 5.63. The van der Waals surface area contributed by atoms with E-state index in [4.69, 9.17) is 10.2 Å². The molecule has 1 atom stereocenters. The monoisotopic (exact) mass is 219 g/mol. The Morgan fingerprint density at radius 2 is 2.00 bits per heavy atom. The maximum Gasteiger partial charge on any atom is 0.328 e. The second kappa shape index (κ2) is 6.77. The molecule has 0 heterocycles. The first-order valence-corrected chi connectivity index (χ1v) is 4.29. The van der Waals surface area contributed by atoms with Crippen LogP contribution < -0.4 is 5.32 Å². The molecule has 0 radical (unpaired) electrons. The van der Waals surface area contributed by atoms with Gasteiger partial charge >= 0.3 is 11.9 Å². The average Bonchev–Trinajstić information content (AvgIpc) is 2.13. The quantitative estimate of drug-likeness (QED) is 0.370. The van der Waals surface area contributed by atoms with Crippen molar-refractivity contribution < 1.29 is 29.3 Å². The van der Waals surface area contributed by atoms with Crippen LogP contribution in [-0.2, 0) is 19.1 Å². The predicted molar refractivity (Wildman–Crippen MR) is 47.9 cm³/mol.